The summed E-state index contributed by atoms with van der Waals surface area (Å²) in [6, 6.07) is 0. The molecule has 0 radical (unpaired) electrons. The number of alkyl halides is 1. The van der Waals surface area contributed by atoms with E-state index in [1.807, 2.05) is 23.6 Å². The van der Waals surface area contributed by atoms with E-state index in [1.165, 1.54) is 0 Å². The van der Waals surface area contributed by atoms with Crippen LogP contribution in [0.5, 0.6) is 5.88 Å². The maximum Gasteiger partial charge on any atom is 0.232 e. The van der Waals surface area contributed by atoms with Gasteiger partial charge in [0, 0.05) is 6.54 Å². The Bertz CT molecular complexity index is 343. The normalized spacial score (nSPS) is 21.0. The van der Waals surface area contributed by atoms with Crippen LogP contribution in [0, 0.1) is 6.92 Å². The highest BCUT2D eigenvalue weighted by molar-refractivity contribution is 6.22. The van der Waals surface area contributed by atoms with E-state index in [4.69, 9.17) is 11.6 Å². The lowest BCUT2D eigenvalue weighted by atomic mass is 10.3. The molecule has 0 spiro atoms. The Morgan fingerprint density at radius 1 is 1.75 bits per heavy atom. The smallest absolute Gasteiger partial charge is 0.232 e. The molecule has 12 heavy (non-hydrogen) atoms. The molecule has 0 aromatic carbocycles. The summed E-state index contributed by atoms with van der Waals surface area (Å²) >= 11 is 5.91. The minimum Gasteiger partial charge on any atom is -0.492 e. The van der Waals surface area contributed by atoms with Gasteiger partial charge < -0.3 is 9.67 Å². The van der Waals surface area contributed by atoms with Crippen molar-refractivity contribution >= 4 is 17.7 Å². The van der Waals surface area contributed by atoms with Gasteiger partial charge in [0.25, 0.3) is 0 Å². The van der Waals surface area contributed by atoms with Gasteiger partial charge in [0.1, 0.15) is 5.82 Å². The summed E-state index contributed by atoms with van der Waals surface area (Å²) in [5.41, 5.74) is 0.778. The van der Waals surface area contributed by atoms with Crippen LogP contribution in [-0.2, 0) is 6.54 Å². The second-order valence-corrected chi connectivity index (χ2v) is 3.43. The number of fused-ring (bicyclic) bond motifs is 1. The molecule has 3 nitrogen and oxygen atoms in total. The fraction of sp³-hybridized carbons (Fsp3) is 0.375. The van der Waals surface area contributed by atoms with Crippen LogP contribution in [0.3, 0.4) is 0 Å². The number of imidazole rings is 1. The zero-order chi connectivity index (χ0) is 8.72. The highest BCUT2D eigenvalue weighted by Crippen LogP contribution is 2.23. The van der Waals surface area contributed by atoms with Crippen LogP contribution in [0.1, 0.15) is 11.5 Å². The fourth-order valence-corrected chi connectivity index (χ4v) is 1.54. The van der Waals surface area contributed by atoms with Gasteiger partial charge in [-0.1, -0.05) is 6.08 Å². The van der Waals surface area contributed by atoms with E-state index in [0.717, 1.165) is 11.5 Å². The molecule has 2 rings (SSSR count). The van der Waals surface area contributed by atoms with Gasteiger partial charge >= 0.3 is 0 Å². The molecule has 0 bridgehead atoms. The molecule has 2 heterocycles. The van der Waals surface area contributed by atoms with Crippen molar-refractivity contribution in [2.24, 2.45) is 0 Å². The minimum absolute atomic E-state index is 0.00444. The predicted molar refractivity (Wildman–Crippen MR) is 47.3 cm³/mol. The number of hydrogen-bond donors (Lipinski definition) is 1. The molecular formula is C8H9ClN2O. The standard InChI is InChI=1S/C8H9ClN2O/c1-5-8(12)10-7-3-2-6(9)4-11(5)7/h2-3,6,12H,4H2,1H3. The van der Waals surface area contributed by atoms with Gasteiger partial charge in [-0.25, -0.2) is 0 Å². The lowest BCUT2D eigenvalue weighted by molar-refractivity contribution is 0.450. The SMILES string of the molecule is Cc1c(O)nc2n1CC(Cl)C=C2. The number of aromatic nitrogens is 2. The topological polar surface area (TPSA) is 38.1 Å². The number of halogens is 1. The van der Waals surface area contributed by atoms with Gasteiger partial charge in [-0.3, -0.25) is 0 Å². The Balaban J connectivity index is 2.53. The first kappa shape index (κ1) is 7.68. The minimum atomic E-state index is 0.00444. The van der Waals surface area contributed by atoms with Crippen molar-refractivity contribution in [3.8, 4) is 5.88 Å². The first-order valence-electron chi connectivity index (χ1n) is 3.77. The van der Waals surface area contributed by atoms with Crippen LogP contribution >= 0.6 is 11.6 Å². The lowest BCUT2D eigenvalue weighted by Crippen LogP contribution is -2.14. The molecule has 1 N–H and O–H groups in total. The maximum atomic E-state index is 9.29. The molecule has 0 saturated heterocycles. The molecule has 1 aliphatic rings. The predicted octanol–water partition coefficient (Wildman–Crippen LogP) is 1.53. The average Bonchev–Trinajstić information content (AvgIpc) is 2.31. The molecule has 1 aromatic rings. The quantitative estimate of drug-likeness (QED) is 0.621. The van der Waals surface area contributed by atoms with Gasteiger partial charge in [-0.15, -0.1) is 11.6 Å². The van der Waals surface area contributed by atoms with Crippen LogP contribution < -0.4 is 0 Å². The molecule has 1 aliphatic heterocycles. The first-order valence-corrected chi connectivity index (χ1v) is 4.20. The third-order valence-corrected chi connectivity index (χ3v) is 2.32. The summed E-state index contributed by atoms with van der Waals surface area (Å²) in [6.07, 6.45) is 3.71. The molecule has 4 heteroatoms. The molecule has 0 saturated carbocycles. The maximum absolute atomic E-state index is 9.29. The second-order valence-electron chi connectivity index (χ2n) is 2.86. The van der Waals surface area contributed by atoms with Crippen LogP contribution in [0.25, 0.3) is 6.08 Å². The third-order valence-electron chi connectivity index (χ3n) is 2.04. The van der Waals surface area contributed by atoms with Crippen molar-refractivity contribution in [3.63, 3.8) is 0 Å². The van der Waals surface area contributed by atoms with E-state index >= 15 is 0 Å². The Kier molecular flexibility index (Phi) is 1.61. The third kappa shape index (κ3) is 1.01. The van der Waals surface area contributed by atoms with E-state index in [0.29, 0.717) is 6.54 Å². The van der Waals surface area contributed by atoms with E-state index in [9.17, 15) is 5.11 Å². The second kappa shape index (κ2) is 2.52. The van der Waals surface area contributed by atoms with Gasteiger partial charge in [-0.2, -0.15) is 4.98 Å². The Morgan fingerprint density at radius 2 is 2.50 bits per heavy atom. The number of allylic oxidation sites excluding steroid dienone is 1. The number of hydrogen-bond acceptors (Lipinski definition) is 2. The average molecular weight is 185 g/mol. The van der Waals surface area contributed by atoms with Crippen molar-refractivity contribution in [1.82, 2.24) is 9.55 Å². The van der Waals surface area contributed by atoms with Gasteiger partial charge in [-0.05, 0) is 13.0 Å². The van der Waals surface area contributed by atoms with Crippen molar-refractivity contribution < 1.29 is 5.11 Å². The van der Waals surface area contributed by atoms with Gasteiger partial charge in [0.05, 0.1) is 11.1 Å². The van der Waals surface area contributed by atoms with Crippen LogP contribution in [0.2, 0.25) is 0 Å². The van der Waals surface area contributed by atoms with Crippen LogP contribution in [0.15, 0.2) is 6.08 Å². The molecule has 1 unspecified atom stereocenters. The highest BCUT2D eigenvalue weighted by atomic mass is 35.5. The Hall–Kier alpha value is -0.960. The molecule has 1 atom stereocenters. The van der Waals surface area contributed by atoms with Crippen molar-refractivity contribution in [2.45, 2.75) is 18.8 Å². The zero-order valence-electron chi connectivity index (χ0n) is 6.66. The fourth-order valence-electron chi connectivity index (χ4n) is 1.33. The largest absolute Gasteiger partial charge is 0.492 e. The summed E-state index contributed by atoms with van der Waals surface area (Å²) in [5, 5.41) is 9.29. The summed E-state index contributed by atoms with van der Waals surface area (Å²) in [7, 11) is 0. The summed E-state index contributed by atoms with van der Waals surface area (Å²) in [4.78, 5) is 3.96. The van der Waals surface area contributed by atoms with E-state index < -0.39 is 0 Å². The molecule has 64 valence electrons. The van der Waals surface area contributed by atoms with Gasteiger partial charge in [0.2, 0.25) is 5.88 Å². The summed E-state index contributed by atoms with van der Waals surface area (Å²) in [5.74, 6) is 0.877. The molecule has 0 aliphatic carbocycles. The molecule has 0 fully saturated rings. The van der Waals surface area contributed by atoms with Crippen LogP contribution in [-0.4, -0.2) is 20.0 Å². The zero-order valence-corrected chi connectivity index (χ0v) is 7.41. The van der Waals surface area contributed by atoms with E-state index in [-0.39, 0.29) is 11.3 Å². The number of nitrogens with zero attached hydrogens (tertiary/aromatic N) is 2. The first-order chi connectivity index (χ1) is 5.68. The molecular weight excluding hydrogens is 176 g/mol. The number of aromatic hydroxyl groups is 1. The van der Waals surface area contributed by atoms with Crippen LogP contribution in [0.4, 0.5) is 0 Å². The van der Waals surface area contributed by atoms with Crippen molar-refractivity contribution in [2.75, 3.05) is 0 Å². The molecule has 1 aromatic heterocycles. The van der Waals surface area contributed by atoms with E-state index in [1.54, 1.807) is 0 Å². The van der Waals surface area contributed by atoms with E-state index in [2.05, 4.69) is 4.98 Å². The van der Waals surface area contributed by atoms with Crippen molar-refractivity contribution in [1.29, 1.82) is 0 Å². The monoisotopic (exact) mass is 184 g/mol. The Morgan fingerprint density at radius 3 is 3.25 bits per heavy atom. The summed E-state index contributed by atoms with van der Waals surface area (Å²) < 4.78 is 1.91. The van der Waals surface area contributed by atoms with Crippen molar-refractivity contribution in [3.05, 3.63) is 17.6 Å². The highest BCUT2D eigenvalue weighted by Gasteiger charge is 2.16. The number of rotatable bonds is 0. The van der Waals surface area contributed by atoms with Gasteiger partial charge in [0.15, 0.2) is 0 Å². The lowest BCUT2D eigenvalue weighted by Gasteiger charge is -2.13. The summed E-state index contributed by atoms with van der Waals surface area (Å²) in [6.45, 7) is 2.52. The Labute approximate surface area is 75.3 Å². The molecule has 0 amide bonds.